The van der Waals surface area contributed by atoms with Gasteiger partial charge in [0.15, 0.2) is 0 Å². The van der Waals surface area contributed by atoms with Gasteiger partial charge in [-0.2, -0.15) is 13.2 Å². The van der Waals surface area contributed by atoms with Crippen molar-refractivity contribution in [1.82, 2.24) is 4.90 Å². The first-order valence-electron chi connectivity index (χ1n) is 7.70. The molecule has 23 heavy (non-hydrogen) atoms. The normalized spacial score (nSPS) is 25.1. The van der Waals surface area contributed by atoms with E-state index in [1.165, 1.54) is 0 Å². The predicted molar refractivity (Wildman–Crippen MR) is 76.1 cm³/mol. The maximum atomic E-state index is 12.6. The minimum atomic E-state index is -4.55. The van der Waals surface area contributed by atoms with Gasteiger partial charge in [0.1, 0.15) is 5.75 Å². The number of halogens is 3. The van der Waals surface area contributed by atoms with Crippen molar-refractivity contribution in [1.29, 1.82) is 0 Å². The van der Waals surface area contributed by atoms with Crippen LogP contribution in [0.3, 0.4) is 0 Å². The lowest BCUT2D eigenvalue weighted by atomic mass is 10.0. The van der Waals surface area contributed by atoms with Crippen LogP contribution in [0.4, 0.5) is 13.2 Å². The van der Waals surface area contributed by atoms with Gasteiger partial charge in [-0.1, -0.05) is 0 Å². The Morgan fingerprint density at radius 1 is 1.26 bits per heavy atom. The largest absolute Gasteiger partial charge is 0.507 e. The van der Waals surface area contributed by atoms with Crippen LogP contribution in [0.15, 0.2) is 18.2 Å². The van der Waals surface area contributed by atoms with Gasteiger partial charge in [-0.25, -0.2) is 0 Å². The van der Waals surface area contributed by atoms with E-state index in [4.69, 9.17) is 4.74 Å². The zero-order chi connectivity index (χ0) is 16.6. The highest BCUT2D eigenvalue weighted by Gasteiger charge is 2.38. The van der Waals surface area contributed by atoms with Crippen LogP contribution in [0, 0.1) is 0 Å². The van der Waals surface area contributed by atoms with Crippen molar-refractivity contribution in [2.24, 2.45) is 0 Å². The standard InChI is InChI=1S/C16H18F3NO3/c17-16(18,19)10-5-6-11(13(21)9-10)15(22)20-7-1-3-12(20)14-4-2-8-23-14/h5-6,9,12,14,21H,1-4,7-8H2/t12-,14-/m0/s1. The Balaban J connectivity index is 1.82. The molecule has 2 atom stereocenters. The third-order valence-corrected chi connectivity index (χ3v) is 4.51. The van der Waals surface area contributed by atoms with E-state index in [0.29, 0.717) is 19.2 Å². The van der Waals surface area contributed by atoms with Crippen molar-refractivity contribution in [3.05, 3.63) is 29.3 Å². The fourth-order valence-corrected chi connectivity index (χ4v) is 3.38. The summed E-state index contributed by atoms with van der Waals surface area (Å²) in [5.74, 6) is -1.07. The van der Waals surface area contributed by atoms with E-state index >= 15 is 0 Å². The molecule has 0 aliphatic carbocycles. The first-order chi connectivity index (χ1) is 10.9. The number of phenolic OH excluding ortho intramolecular Hbond substituents is 1. The summed E-state index contributed by atoms with van der Waals surface area (Å²) in [5, 5.41) is 9.86. The van der Waals surface area contributed by atoms with Crippen LogP contribution in [0.5, 0.6) is 5.75 Å². The predicted octanol–water partition coefficient (Wildman–Crippen LogP) is 3.19. The van der Waals surface area contributed by atoms with E-state index in [2.05, 4.69) is 0 Å². The number of hydrogen-bond donors (Lipinski definition) is 1. The molecule has 126 valence electrons. The van der Waals surface area contributed by atoms with Crippen LogP contribution in [0.1, 0.15) is 41.6 Å². The lowest BCUT2D eigenvalue weighted by Crippen LogP contribution is -2.42. The molecule has 2 aliphatic heterocycles. The molecule has 0 unspecified atom stereocenters. The average Bonchev–Trinajstić information content (AvgIpc) is 3.16. The van der Waals surface area contributed by atoms with E-state index in [-0.39, 0.29) is 17.7 Å². The van der Waals surface area contributed by atoms with Crippen LogP contribution < -0.4 is 0 Å². The Bertz CT molecular complexity index is 597. The summed E-state index contributed by atoms with van der Waals surface area (Å²) in [4.78, 5) is 14.2. The van der Waals surface area contributed by atoms with Gasteiger partial charge in [0.05, 0.1) is 23.3 Å². The fraction of sp³-hybridized carbons (Fsp3) is 0.562. The monoisotopic (exact) mass is 329 g/mol. The molecular weight excluding hydrogens is 311 g/mol. The smallest absolute Gasteiger partial charge is 0.416 e. The second-order valence-electron chi connectivity index (χ2n) is 5.99. The van der Waals surface area contributed by atoms with Crippen LogP contribution >= 0.6 is 0 Å². The highest BCUT2D eigenvalue weighted by atomic mass is 19.4. The zero-order valence-corrected chi connectivity index (χ0v) is 12.5. The van der Waals surface area contributed by atoms with E-state index < -0.39 is 23.4 Å². The Morgan fingerprint density at radius 3 is 2.65 bits per heavy atom. The van der Waals surface area contributed by atoms with Crippen molar-refractivity contribution in [3.8, 4) is 5.75 Å². The summed E-state index contributed by atoms with van der Waals surface area (Å²) in [5.41, 5.74) is -1.06. The molecule has 2 aliphatic rings. The highest BCUT2D eigenvalue weighted by molar-refractivity contribution is 5.97. The third-order valence-electron chi connectivity index (χ3n) is 4.51. The van der Waals surface area contributed by atoms with Crippen LogP contribution in [0.25, 0.3) is 0 Å². The van der Waals surface area contributed by atoms with Crippen molar-refractivity contribution in [3.63, 3.8) is 0 Å². The molecule has 3 rings (SSSR count). The number of nitrogens with zero attached hydrogens (tertiary/aromatic N) is 1. The number of benzene rings is 1. The number of likely N-dealkylation sites (tertiary alicyclic amines) is 1. The third kappa shape index (κ3) is 3.15. The van der Waals surface area contributed by atoms with Crippen molar-refractivity contribution in [2.45, 2.75) is 44.0 Å². The summed E-state index contributed by atoms with van der Waals surface area (Å²) in [6.07, 6.45) is -1.08. The quantitative estimate of drug-likeness (QED) is 0.906. The second kappa shape index (κ2) is 6.03. The van der Waals surface area contributed by atoms with Crippen LogP contribution in [-0.4, -0.2) is 41.2 Å². The van der Waals surface area contributed by atoms with Gasteiger partial charge in [0.2, 0.25) is 0 Å². The molecule has 1 aromatic carbocycles. The summed E-state index contributed by atoms with van der Waals surface area (Å²) in [6, 6.07) is 2.41. The SMILES string of the molecule is O=C(c1ccc(C(F)(F)F)cc1O)N1CCC[C@H]1[C@@H]1CCCO1. The molecule has 0 bridgehead atoms. The number of aromatic hydroxyl groups is 1. The number of ether oxygens (including phenoxy) is 1. The number of rotatable bonds is 2. The second-order valence-corrected chi connectivity index (χ2v) is 5.99. The zero-order valence-electron chi connectivity index (χ0n) is 12.5. The summed E-state index contributed by atoms with van der Waals surface area (Å²) in [6.45, 7) is 1.21. The molecule has 7 heteroatoms. The topological polar surface area (TPSA) is 49.8 Å². The lowest BCUT2D eigenvalue weighted by Gasteiger charge is -2.29. The van der Waals surface area contributed by atoms with Crippen molar-refractivity contribution >= 4 is 5.91 Å². The first kappa shape index (κ1) is 16.1. The molecule has 2 heterocycles. The number of amides is 1. The van der Waals surface area contributed by atoms with Crippen molar-refractivity contribution in [2.75, 3.05) is 13.2 Å². The number of carbonyl (C=O) groups is 1. The molecule has 2 fully saturated rings. The minimum Gasteiger partial charge on any atom is -0.507 e. The molecule has 1 aromatic rings. The van der Waals surface area contributed by atoms with Crippen LogP contribution in [-0.2, 0) is 10.9 Å². The molecular formula is C16H18F3NO3. The van der Waals surface area contributed by atoms with Gasteiger partial charge in [0, 0.05) is 13.2 Å². The maximum Gasteiger partial charge on any atom is 0.416 e. The Hall–Kier alpha value is -1.76. The molecule has 0 radical (unpaired) electrons. The van der Waals surface area contributed by atoms with E-state index in [1.54, 1.807) is 4.90 Å². The van der Waals surface area contributed by atoms with E-state index in [9.17, 15) is 23.1 Å². The molecule has 0 spiro atoms. The van der Waals surface area contributed by atoms with E-state index in [0.717, 1.165) is 37.8 Å². The summed E-state index contributed by atoms with van der Waals surface area (Å²) >= 11 is 0. The Kier molecular flexibility index (Phi) is 4.23. The Morgan fingerprint density at radius 2 is 2.04 bits per heavy atom. The molecule has 1 N–H and O–H groups in total. The number of phenols is 1. The van der Waals surface area contributed by atoms with Gasteiger partial charge < -0.3 is 14.7 Å². The first-order valence-corrected chi connectivity index (χ1v) is 7.70. The van der Waals surface area contributed by atoms with Gasteiger partial charge in [-0.05, 0) is 43.9 Å². The number of hydrogen-bond acceptors (Lipinski definition) is 3. The van der Waals surface area contributed by atoms with E-state index in [1.807, 2.05) is 0 Å². The number of carbonyl (C=O) groups excluding carboxylic acids is 1. The molecule has 0 aromatic heterocycles. The average molecular weight is 329 g/mol. The van der Waals surface area contributed by atoms with Crippen LogP contribution in [0.2, 0.25) is 0 Å². The lowest BCUT2D eigenvalue weighted by molar-refractivity contribution is -0.137. The van der Waals surface area contributed by atoms with Gasteiger partial charge in [-0.15, -0.1) is 0 Å². The van der Waals surface area contributed by atoms with Gasteiger partial charge >= 0.3 is 6.18 Å². The number of alkyl halides is 3. The molecule has 4 nitrogen and oxygen atoms in total. The fourth-order valence-electron chi connectivity index (χ4n) is 3.38. The summed E-state index contributed by atoms with van der Waals surface area (Å²) < 4.78 is 43.6. The Labute approximate surface area is 131 Å². The molecule has 2 saturated heterocycles. The molecule has 1 amide bonds. The van der Waals surface area contributed by atoms with Crippen molar-refractivity contribution < 1.29 is 27.8 Å². The summed E-state index contributed by atoms with van der Waals surface area (Å²) in [7, 11) is 0. The minimum absolute atomic E-state index is 0.0157. The molecule has 0 saturated carbocycles. The van der Waals surface area contributed by atoms with Gasteiger partial charge in [-0.3, -0.25) is 4.79 Å². The highest BCUT2D eigenvalue weighted by Crippen LogP contribution is 2.34. The maximum absolute atomic E-state index is 12.6. The van der Waals surface area contributed by atoms with Gasteiger partial charge in [0.25, 0.3) is 5.91 Å².